The lowest BCUT2D eigenvalue weighted by atomic mass is 9.91. The zero-order valence-electron chi connectivity index (χ0n) is 10.4. The van der Waals surface area contributed by atoms with Crippen molar-refractivity contribution in [1.29, 1.82) is 0 Å². The van der Waals surface area contributed by atoms with E-state index in [9.17, 15) is 4.39 Å². The van der Waals surface area contributed by atoms with Crippen molar-refractivity contribution in [3.63, 3.8) is 0 Å². The quantitative estimate of drug-likeness (QED) is 0.542. The number of benzene rings is 1. The summed E-state index contributed by atoms with van der Waals surface area (Å²) in [5.74, 6) is 0.188. The predicted octanol–water partition coefficient (Wildman–Crippen LogP) is 3.53. The van der Waals surface area contributed by atoms with Crippen molar-refractivity contribution in [1.82, 2.24) is 0 Å². The Morgan fingerprint density at radius 2 is 2.11 bits per heavy atom. The molecular weight excluding hydrogens is 383 g/mol. The Morgan fingerprint density at radius 3 is 2.74 bits per heavy atom. The molecule has 0 aromatic heterocycles. The summed E-state index contributed by atoms with van der Waals surface area (Å²) in [6.07, 6.45) is 0.748. The summed E-state index contributed by atoms with van der Waals surface area (Å²) >= 11 is 6.78. The second-order valence-electron chi connectivity index (χ2n) is 4.34. The van der Waals surface area contributed by atoms with Crippen molar-refractivity contribution in [2.24, 2.45) is 0 Å². The summed E-state index contributed by atoms with van der Waals surface area (Å²) in [5, 5.41) is 0. The van der Waals surface area contributed by atoms with Gasteiger partial charge in [-0.25, -0.2) is 4.39 Å². The van der Waals surface area contributed by atoms with Crippen LogP contribution in [0.3, 0.4) is 0 Å². The zero-order valence-corrected chi connectivity index (χ0v) is 13.6. The van der Waals surface area contributed by atoms with Gasteiger partial charge < -0.3 is 14.2 Å². The molecule has 106 valence electrons. The monoisotopic (exact) mass is 396 g/mol. The predicted molar refractivity (Wildman–Crippen MR) is 77.5 cm³/mol. The van der Waals surface area contributed by atoms with Crippen molar-refractivity contribution >= 4 is 31.9 Å². The van der Waals surface area contributed by atoms with Gasteiger partial charge in [-0.2, -0.15) is 0 Å². The Morgan fingerprint density at radius 1 is 1.32 bits per heavy atom. The summed E-state index contributed by atoms with van der Waals surface area (Å²) in [7, 11) is 1.63. The third kappa shape index (κ3) is 4.15. The fourth-order valence-electron chi connectivity index (χ4n) is 1.89. The van der Waals surface area contributed by atoms with E-state index in [1.54, 1.807) is 13.2 Å². The van der Waals surface area contributed by atoms with Crippen LogP contribution in [0.2, 0.25) is 0 Å². The first kappa shape index (κ1) is 15.2. The highest BCUT2D eigenvalue weighted by atomic mass is 79.9. The lowest BCUT2D eigenvalue weighted by Crippen LogP contribution is -2.52. The summed E-state index contributed by atoms with van der Waals surface area (Å²) in [6, 6.07) is 4.52. The lowest BCUT2D eigenvalue weighted by Gasteiger charge is -2.40. The van der Waals surface area contributed by atoms with Gasteiger partial charge >= 0.3 is 0 Å². The van der Waals surface area contributed by atoms with E-state index in [1.165, 1.54) is 12.1 Å². The molecule has 3 nitrogen and oxygen atoms in total. The first-order valence-electron chi connectivity index (χ1n) is 5.97. The third-order valence-corrected chi connectivity index (χ3v) is 4.25. The minimum atomic E-state index is -0.323. The van der Waals surface area contributed by atoms with Crippen molar-refractivity contribution in [3.8, 4) is 5.75 Å². The van der Waals surface area contributed by atoms with Crippen LogP contribution in [0.1, 0.15) is 6.42 Å². The fraction of sp³-hybridized carbons (Fsp3) is 0.538. The Kier molecular flexibility index (Phi) is 5.62. The van der Waals surface area contributed by atoms with Gasteiger partial charge in [0.25, 0.3) is 0 Å². The Labute approximate surface area is 128 Å². The number of methoxy groups -OCH3 is 1. The molecule has 1 aromatic rings. The van der Waals surface area contributed by atoms with Crippen LogP contribution in [-0.2, 0) is 9.47 Å². The molecule has 0 amide bonds. The smallest absolute Gasteiger partial charge is 0.128 e. The molecular formula is C13H15Br2FO3. The Bertz CT molecular complexity index is 410. The summed E-state index contributed by atoms with van der Waals surface area (Å²) in [6.45, 7) is 1.07. The van der Waals surface area contributed by atoms with Gasteiger partial charge in [0.05, 0.1) is 13.2 Å². The molecule has 1 aliphatic rings. The number of ether oxygens (including phenoxy) is 3. The van der Waals surface area contributed by atoms with E-state index in [1.807, 2.05) is 0 Å². The zero-order chi connectivity index (χ0) is 13.8. The first-order valence-corrected chi connectivity index (χ1v) is 7.68. The molecule has 3 atom stereocenters. The van der Waals surface area contributed by atoms with Gasteiger partial charge in [0.15, 0.2) is 0 Å². The van der Waals surface area contributed by atoms with Crippen molar-refractivity contribution < 1.29 is 18.6 Å². The topological polar surface area (TPSA) is 27.7 Å². The molecule has 1 fully saturated rings. The molecule has 0 aliphatic heterocycles. The van der Waals surface area contributed by atoms with Crippen LogP contribution < -0.4 is 4.74 Å². The SMILES string of the molecule is COCCOC1C(Br)CC1Oc1cc(F)cc(Br)c1. The average Bonchev–Trinajstić information content (AvgIpc) is 2.33. The van der Waals surface area contributed by atoms with E-state index < -0.39 is 0 Å². The van der Waals surface area contributed by atoms with E-state index in [2.05, 4.69) is 31.9 Å². The van der Waals surface area contributed by atoms with Gasteiger partial charge in [-0.1, -0.05) is 31.9 Å². The molecule has 6 heteroatoms. The summed E-state index contributed by atoms with van der Waals surface area (Å²) in [4.78, 5) is 0.270. The van der Waals surface area contributed by atoms with Crippen molar-refractivity contribution in [2.45, 2.75) is 23.5 Å². The van der Waals surface area contributed by atoms with Crippen LogP contribution >= 0.6 is 31.9 Å². The van der Waals surface area contributed by atoms with Gasteiger partial charge in [0.1, 0.15) is 23.8 Å². The maximum Gasteiger partial charge on any atom is 0.128 e. The standard InChI is InChI=1S/C13H15Br2FO3/c1-17-2-3-18-13-11(15)7-12(13)19-10-5-8(14)4-9(16)6-10/h4-6,11-13H,2-3,7H2,1H3. The summed E-state index contributed by atoms with van der Waals surface area (Å²) in [5.41, 5.74) is 0. The van der Waals surface area contributed by atoms with E-state index in [4.69, 9.17) is 14.2 Å². The molecule has 19 heavy (non-hydrogen) atoms. The molecule has 0 spiro atoms. The number of alkyl halides is 1. The van der Waals surface area contributed by atoms with Crippen LogP contribution in [0.5, 0.6) is 5.75 Å². The Hall–Kier alpha value is -0.170. The first-order chi connectivity index (χ1) is 9.10. The van der Waals surface area contributed by atoms with Gasteiger partial charge in [0, 0.05) is 28.9 Å². The molecule has 1 aromatic carbocycles. The van der Waals surface area contributed by atoms with Gasteiger partial charge in [0.2, 0.25) is 0 Å². The maximum absolute atomic E-state index is 13.3. The number of halogens is 3. The highest BCUT2D eigenvalue weighted by molar-refractivity contribution is 9.10. The highest BCUT2D eigenvalue weighted by Gasteiger charge is 2.42. The van der Waals surface area contributed by atoms with Crippen molar-refractivity contribution in [2.75, 3.05) is 20.3 Å². The largest absolute Gasteiger partial charge is 0.487 e. The van der Waals surface area contributed by atoms with E-state index in [0.29, 0.717) is 23.4 Å². The summed E-state index contributed by atoms with van der Waals surface area (Å²) < 4.78 is 30.3. The minimum Gasteiger partial charge on any atom is -0.487 e. The molecule has 0 saturated heterocycles. The number of hydrogen-bond acceptors (Lipinski definition) is 3. The molecule has 0 radical (unpaired) electrons. The van der Waals surface area contributed by atoms with Crippen LogP contribution in [0, 0.1) is 5.82 Å². The third-order valence-electron chi connectivity index (χ3n) is 2.90. The highest BCUT2D eigenvalue weighted by Crippen LogP contribution is 2.35. The molecule has 0 N–H and O–H groups in total. The molecule has 1 aliphatic carbocycles. The van der Waals surface area contributed by atoms with Gasteiger partial charge in [-0.3, -0.25) is 0 Å². The normalized spacial score (nSPS) is 26.0. The van der Waals surface area contributed by atoms with Crippen LogP contribution in [0.15, 0.2) is 22.7 Å². The molecule has 3 unspecified atom stereocenters. The average molecular weight is 398 g/mol. The Balaban J connectivity index is 1.91. The molecule has 1 saturated carbocycles. The fourth-order valence-corrected chi connectivity index (χ4v) is 3.20. The van der Waals surface area contributed by atoms with Crippen molar-refractivity contribution in [3.05, 3.63) is 28.5 Å². The molecule has 0 heterocycles. The number of hydrogen-bond donors (Lipinski definition) is 0. The second kappa shape index (κ2) is 7.02. The van der Waals surface area contributed by atoms with Gasteiger partial charge in [-0.15, -0.1) is 0 Å². The number of rotatable bonds is 6. The minimum absolute atomic E-state index is 0.0304. The van der Waals surface area contributed by atoms with E-state index >= 15 is 0 Å². The van der Waals surface area contributed by atoms with Crippen LogP contribution in [0.4, 0.5) is 4.39 Å². The van der Waals surface area contributed by atoms with E-state index in [0.717, 1.165) is 6.42 Å². The second-order valence-corrected chi connectivity index (χ2v) is 6.43. The van der Waals surface area contributed by atoms with E-state index in [-0.39, 0.29) is 22.9 Å². The molecule has 0 bridgehead atoms. The van der Waals surface area contributed by atoms with Crippen LogP contribution in [0.25, 0.3) is 0 Å². The molecule has 2 rings (SSSR count). The lowest BCUT2D eigenvalue weighted by molar-refractivity contribution is -0.0866. The van der Waals surface area contributed by atoms with Crippen LogP contribution in [-0.4, -0.2) is 37.4 Å². The maximum atomic E-state index is 13.3. The van der Waals surface area contributed by atoms with Gasteiger partial charge in [-0.05, 0) is 12.1 Å².